The number of carbonyl (C=O) groups is 4. The second-order valence-electron chi connectivity index (χ2n) is 16.2. The smallest absolute Gasteiger partial charge is 0.407 e. The molecule has 0 spiro atoms. The van der Waals surface area contributed by atoms with Gasteiger partial charge in [0, 0.05) is 23.2 Å². The van der Waals surface area contributed by atoms with Gasteiger partial charge in [0.05, 0.1) is 49.2 Å². The van der Waals surface area contributed by atoms with Gasteiger partial charge in [-0.3, -0.25) is 9.59 Å². The minimum Gasteiger partial charge on any atom is -0.453 e. The zero-order valence-electron chi connectivity index (χ0n) is 32.5. The first kappa shape index (κ1) is 37.1. The van der Waals surface area contributed by atoms with E-state index in [2.05, 4.69) is 32.4 Å². The van der Waals surface area contributed by atoms with Gasteiger partial charge in [-0.05, 0) is 85.3 Å². The molecule has 2 aromatic carbocycles. The molecule has 4 amide bonds. The Hall–Kier alpha value is -5.84. The van der Waals surface area contributed by atoms with Gasteiger partial charge < -0.3 is 39.9 Å². The van der Waals surface area contributed by atoms with Crippen molar-refractivity contribution < 1.29 is 28.7 Å². The first-order chi connectivity index (χ1) is 26.9. The zero-order valence-corrected chi connectivity index (χ0v) is 32.5. The number of ether oxygens (including phenoxy) is 2. The summed E-state index contributed by atoms with van der Waals surface area (Å²) in [6.07, 6.45) is 4.17. The van der Waals surface area contributed by atoms with E-state index in [1.807, 2.05) is 80.0 Å². The largest absolute Gasteiger partial charge is 0.453 e. The molecule has 4 fully saturated rings. The highest BCUT2D eigenvalue weighted by molar-refractivity contribution is 5.88. The second-order valence-corrected chi connectivity index (χ2v) is 16.2. The number of nitrogens with zero attached hydrogens (tertiary/aromatic N) is 4. The van der Waals surface area contributed by atoms with Crippen molar-refractivity contribution >= 4 is 35.0 Å². The number of aromatic nitrogens is 4. The average molecular weight is 761 g/mol. The number of aromatic amines is 2. The number of hydrogen-bond acceptors (Lipinski definition) is 8. The molecule has 2 aliphatic carbocycles. The number of rotatable bonds is 9. The molecule has 8 rings (SSSR count). The van der Waals surface area contributed by atoms with E-state index in [9.17, 15) is 19.2 Å². The molecule has 56 heavy (non-hydrogen) atoms. The molecular weight excluding hydrogens is 713 g/mol. The van der Waals surface area contributed by atoms with Gasteiger partial charge in [-0.15, -0.1) is 0 Å². The van der Waals surface area contributed by atoms with Gasteiger partial charge in [0.2, 0.25) is 11.8 Å². The standard InChI is InChI=1S/C42H48N8O6/c1-21(2)35(47-41(53)55-5)39(51)49-31-16-26(31)18-33(49)37-43-20-30(46-37)25-12-9-23(10-13-25)7-8-24-11-14-28-29(15-24)45-38(44-28)34-19-27-17-32(27)50(34)40(52)36(22(3)4)48-42(54)56-6/h9-15,20-22,26-27,31-36H,16-19H2,1-6H3,(H,43,46)(H,44,45)(H,47,53)(H,48,54)/t26?,27?,31-,32-,33+,34+,35+,36+/m1/s1. The van der Waals surface area contributed by atoms with Crippen LogP contribution in [0.15, 0.2) is 48.7 Å². The highest BCUT2D eigenvalue weighted by Gasteiger charge is 2.57. The number of H-pyrrole nitrogens is 2. The molecule has 4 heterocycles. The number of methoxy groups -OCH3 is 2. The van der Waals surface area contributed by atoms with Crippen molar-refractivity contribution in [2.45, 2.75) is 89.6 Å². The summed E-state index contributed by atoms with van der Waals surface area (Å²) in [7, 11) is 2.59. The third-order valence-electron chi connectivity index (χ3n) is 11.8. The summed E-state index contributed by atoms with van der Waals surface area (Å²) in [5, 5.41) is 5.46. The van der Waals surface area contributed by atoms with Gasteiger partial charge in [-0.1, -0.05) is 51.7 Å². The van der Waals surface area contributed by atoms with Crippen LogP contribution < -0.4 is 10.6 Å². The zero-order chi connectivity index (χ0) is 39.4. The number of piperidine rings is 2. The number of fused-ring (bicyclic) bond motifs is 3. The lowest BCUT2D eigenvalue weighted by molar-refractivity contribution is -0.137. The second kappa shape index (κ2) is 14.7. The van der Waals surface area contributed by atoms with Crippen LogP contribution in [0.2, 0.25) is 0 Å². The average Bonchev–Trinajstić information content (AvgIpc) is 3.82. The minimum atomic E-state index is -0.686. The monoisotopic (exact) mass is 760 g/mol. The lowest BCUT2D eigenvalue weighted by atomic mass is 10.0. The predicted molar refractivity (Wildman–Crippen MR) is 207 cm³/mol. The lowest BCUT2D eigenvalue weighted by Crippen LogP contribution is -2.52. The van der Waals surface area contributed by atoms with Crippen LogP contribution in [0.4, 0.5) is 9.59 Å². The number of amides is 4. The summed E-state index contributed by atoms with van der Waals surface area (Å²) in [6, 6.07) is 12.4. The molecule has 0 bridgehead atoms. The number of likely N-dealkylation sites (tertiary alicyclic amines) is 2. The summed E-state index contributed by atoms with van der Waals surface area (Å²) in [4.78, 5) is 71.9. The molecule has 2 aromatic heterocycles. The number of carbonyl (C=O) groups excluding carboxylic acids is 4. The summed E-state index contributed by atoms with van der Waals surface area (Å²) >= 11 is 0. The van der Waals surface area contributed by atoms with E-state index in [0.29, 0.717) is 11.8 Å². The number of alkyl carbamates (subject to hydrolysis) is 2. The molecule has 4 aromatic rings. The Morgan fingerprint density at radius 2 is 1.27 bits per heavy atom. The van der Waals surface area contributed by atoms with E-state index < -0.39 is 24.3 Å². The molecule has 4 N–H and O–H groups in total. The minimum absolute atomic E-state index is 0.102. The summed E-state index contributed by atoms with van der Waals surface area (Å²) in [5.41, 5.74) is 5.12. The fourth-order valence-electron chi connectivity index (χ4n) is 8.55. The number of nitrogens with one attached hydrogen (secondary N) is 4. The molecule has 2 saturated carbocycles. The molecule has 292 valence electrons. The van der Waals surface area contributed by atoms with Crippen LogP contribution in [-0.4, -0.2) is 92.1 Å². The van der Waals surface area contributed by atoms with Crippen LogP contribution in [-0.2, 0) is 19.1 Å². The van der Waals surface area contributed by atoms with Crippen molar-refractivity contribution in [2.24, 2.45) is 23.7 Å². The van der Waals surface area contributed by atoms with Gasteiger partial charge in [0.25, 0.3) is 0 Å². The van der Waals surface area contributed by atoms with Crippen LogP contribution in [0.3, 0.4) is 0 Å². The summed E-state index contributed by atoms with van der Waals surface area (Å²) in [5.74, 6) is 8.47. The number of imidazole rings is 2. The first-order valence-corrected chi connectivity index (χ1v) is 19.4. The Morgan fingerprint density at radius 1 is 0.732 bits per heavy atom. The molecule has 8 atom stereocenters. The van der Waals surface area contributed by atoms with Crippen molar-refractivity contribution in [3.63, 3.8) is 0 Å². The maximum Gasteiger partial charge on any atom is 0.407 e. The van der Waals surface area contributed by atoms with Gasteiger partial charge in [-0.2, -0.15) is 0 Å². The van der Waals surface area contributed by atoms with Gasteiger partial charge in [-0.25, -0.2) is 19.6 Å². The first-order valence-electron chi connectivity index (χ1n) is 19.4. The van der Waals surface area contributed by atoms with E-state index in [1.54, 1.807) is 6.20 Å². The van der Waals surface area contributed by atoms with E-state index in [0.717, 1.165) is 70.7 Å². The van der Waals surface area contributed by atoms with Crippen molar-refractivity contribution in [1.82, 2.24) is 40.4 Å². The van der Waals surface area contributed by atoms with Crippen LogP contribution >= 0.6 is 0 Å². The molecular formula is C42H48N8O6. The Bertz CT molecular complexity index is 2230. The van der Waals surface area contributed by atoms with Crippen LogP contribution in [0.25, 0.3) is 22.3 Å². The number of benzene rings is 2. The fourth-order valence-corrected chi connectivity index (χ4v) is 8.55. The quantitative estimate of drug-likeness (QED) is 0.163. The van der Waals surface area contributed by atoms with Crippen LogP contribution in [0, 0.1) is 35.5 Å². The van der Waals surface area contributed by atoms with Crippen molar-refractivity contribution in [2.75, 3.05) is 14.2 Å². The molecule has 2 saturated heterocycles. The summed E-state index contributed by atoms with van der Waals surface area (Å²) in [6.45, 7) is 7.65. The maximum atomic E-state index is 13.8. The predicted octanol–water partition coefficient (Wildman–Crippen LogP) is 5.44. The third-order valence-corrected chi connectivity index (χ3v) is 11.8. The molecule has 2 aliphatic heterocycles. The fraction of sp³-hybridized carbons (Fsp3) is 0.476. The van der Waals surface area contributed by atoms with E-state index in [1.165, 1.54) is 14.2 Å². The summed E-state index contributed by atoms with van der Waals surface area (Å²) < 4.78 is 9.57. The van der Waals surface area contributed by atoms with Crippen molar-refractivity contribution in [3.8, 4) is 23.1 Å². The van der Waals surface area contributed by atoms with E-state index >= 15 is 0 Å². The molecule has 0 radical (unpaired) electrons. The Balaban J connectivity index is 0.944. The molecule has 4 aliphatic rings. The SMILES string of the molecule is COC(=O)N[C@H](C(=O)N1[C@@H]2CC2C[C@H]1c1ncc(-c2ccc(C#Cc3ccc4nc([C@@H]5CC6C[C@H]6N5C(=O)[C@@H](NC(=O)OC)C(C)C)[nH]c4c3)cc2)[nH]1)C(C)C. The van der Waals surface area contributed by atoms with E-state index in [4.69, 9.17) is 19.4 Å². The molecule has 14 nitrogen and oxygen atoms in total. The normalized spacial score (nSPS) is 24.2. The van der Waals surface area contributed by atoms with E-state index in [-0.39, 0.29) is 47.8 Å². The third kappa shape index (κ3) is 7.06. The Kier molecular flexibility index (Phi) is 9.72. The van der Waals surface area contributed by atoms with Gasteiger partial charge in [0.15, 0.2) is 0 Å². The van der Waals surface area contributed by atoms with Crippen molar-refractivity contribution in [3.05, 3.63) is 71.4 Å². The van der Waals surface area contributed by atoms with Crippen LogP contribution in [0.5, 0.6) is 0 Å². The molecule has 2 unspecified atom stereocenters. The maximum absolute atomic E-state index is 13.8. The van der Waals surface area contributed by atoms with Gasteiger partial charge in [0.1, 0.15) is 23.7 Å². The lowest BCUT2D eigenvalue weighted by Gasteiger charge is -2.31. The molecule has 14 heteroatoms. The highest BCUT2D eigenvalue weighted by atomic mass is 16.5. The Morgan fingerprint density at radius 3 is 1.82 bits per heavy atom. The van der Waals surface area contributed by atoms with Crippen LogP contribution in [0.1, 0.15) is 88.2 Å². The Labute approximate surface area is 325 Å². The topological polar surface area (TPSA) is 175 Å². The van der Waals surface area contributed by atoms with Crippen molar-refractivity contribution in [1.29, 1.82) is 0 Å². The number of hydrogen-bond donors (Lipinski definition) is 4. The van der Waals surface area contributed by atoms with Gasteiger partial charge >= 0.3 is 12.2 Å². The highest BCUT2D eigenvalue weighted by Crippen LogP contribution is 2.54.